The van der Waals surface area contributed by atoms with Crippen LogP contribution in [0.25, 0.3) is 21.9 Å². The van der Waals surface area contributed by atoms with Gasteiger partial charge in [0.1, 0.15) is 5.82 Å². The number of hydrogen-bond donors (Lipinski definition) is 2. The fourth-order valence-electron chi connectivity index (χ4n) is 3.52. The van der Waals surface area contributed by atoms with Gasteiger partial charge in [-0.2, -0.15) is 10.4 Å². The van der Waals surface area contributed by atoms with Gasteiger partial charge in [-0.1, -0.05) is 11.9 Å². The maximum atomic E-state index is 9.10. The molecule has 1 fully saturated rings. The van der Waals surface area contributed by atoms with Crippen molar-refractivity contribution in [3.63, 3.8) is 0 Å². The predicted octanol–water partition coefficient (Wildman–Crippen LogP) is 4.49. The first-order valence-corrected chi connectivity index (χ1v) is 11.5. The molecule has 2 N–H and O–H groups in total. The molecule has 8 nitrogen and oxygen atoms in total. The third-order valence-corrected chi connectivity index (χ3v) is 5.47. The Morgan fingerprint density at radius 3 is 2.97 bits per heavy atom. The summed E-state index contributed by atoms with van der Waals surface area (Å²) in [5.74, 6) is 1.60. The lowest BCUT2D eigenvalue weighted by Gasteiger charge is -2.17. The van der Waals surface area contributed by atoms with Gasteiger partial charge in [0.2, 0.25) is 0 Å². The Morgan fingerprint density at radius 1 is 1.35 bits per heavy atom. The van der Waals surface area contributed by atoms with Crippen LogP contribution in [0.1, 0.15) is 37.6 Å². The summed E-state index contributed by atoms with van der Waals surface area (Å²) in [6.45, 7) is 3.66. The van der Waals surface area contributed by atoms with Crippen molar-refractivity contribution in [1.29, 1.82) is 5.26 Å². The molecule has 0 unspecified atom stereocenters. The number of nitrogens with zero attached hydrogens (tertiary/aromatic N) is 5. The lowest BCUT2D eigenvalue weighted by atomic mass is 10.1. The summed E-state index contributed by atoms with van der Waals surface area (Å²) >= 11 is 1.50. The van der Waals surface area contributed by atoms with Crippen molar-refractivity contribution >= 4 is 39.7 Å². The second-order valence-electron chi connectivity index (χ2n) is 7.43. The van der Waals surface area contributed by atoms with Crippen molar-refractivity contribution in [2.45, 2.75) is 38.8 Å². The Morgan fingerprint density at radius 2 is 2.26 bits per heavy atom. The van der Waals surface area contributed by atoms with E-state index in [1.54, 1.807) is 12.3 Å². The molecule has 3 aromatic heterocycles. The van der Waals surface area contributed by atoms with Gasteiger partial charge in [0.15, 0.2) is 5.82 Å². The number of aromatic nitrogens is 5. The van der Waals surface area contributed by atoms with E-state index in [1.165, 1.54) is 31.2 Å². The first-order chi connectivity index (χ1) is 15.2. The minimum absolute atomic E-state index is 0.532. The van der Waals surface area contributed by atoms with E-state index in [4.69, 9.17) is 10.00 Å². The summed E-state index contributed by atoms with van der Waals surface area (Å²) in [4.78, 5) is 12.4. The van der Waals surface area contributed by atoms with Crippen molar-refractivity contribution in [2.75, 3.05) is 17.6 Å². The minimum Gasteiger partial charge on any atom is -0.379 e. The first-order valence-electron chi connectivity index (χ1n) is 10.3. The molecule has 0 amide bonds. The van der Waals surface area contributed by atoms with Crippen molar-refractivity contribution < 1.29 is 4.74 Å². The maximum absolute atomic E-state index is 9.10. The molecule has 1 atom stereocenters. The van der Waals surface area contributed by atoms with Crippen LogP contribution in [0.5, 0.6) is 0 Å². The standard InChI is InChI=1S/C16H13N7S.C6H12O/c1-24-22-14-4-5-23(21-14)9-15-19-13-8-18-12-3-2-10(7-17)6-11(12)16(13)20-15;1-6-4-2-3-5-7-6/h2-6,8H,9H2,1H3,(H,19,20)(H,21,22);6H,2-5H2,1H3/t;6-/m.1/s1. The van der Waals surface area contributed by atoms with Crippen LogP contribution in [0, 0.1) is 11.3 Å². The Labute approximate surface area is 185 Å². The van der Waals surface area contributed by atoms with Gasteiger partial charge in [-0.05, 0) is 44.4 Å². The fraction of sp³-hybridized carbons (Fsp3) is 0.364. The molecule has 1 aliphatic heterocycles. The number of nitriles is 1. The summed E-state index contributed by atoms with van der Waals surface area (Å²) < 4.78 is 10.2. The second kappa shape index (κ2) is 9.81. The number of pyridine rings is 1. The zero-order valence-electron chi connectivity index (χ0n) is 17.6. The number of imidazole rings is 1. The van der Waals surface area contributed by atoms with Crippen LogP contribution in [0.3, 0.4) is 0 Å². The molecule has 4 aromatic rings. The molecule has 1 aromatic carbocycles. The SMILES string of the molecule is CSNc1ccn(Cc2nc3c(cnc4ccc(C#N)cc43)[nH]2)n1.C[C@@H]1CCCCO1. The Bertz CT molecular complexity index is 1200. The minimum atomic E-state index is 0.532. The average Bonchev–Trinajstić information content (AvgIpc) is 3.41. The highest BCUT2D eigenvalue weighted by Gasteiger charge is 2.10. The maximum Gasteiger partial charge on any atom is 0.157 e. The normalized spacial score (nSPS) is 16.0. The van der Waals surface area contributed by atoms with E-state index in [1.807, 2.05) is 35.3 Å². The van der Waals surface area contributed by atoms with Gasteiger partial charge >= 0.3 is 0 Å². The van der Waals surface area contributed by atoms with Gasteiger partial charge in [0.05, 0.1) is 47.0 Å². The lowest BCUT2D eigenvalue weighted by Crippen LogP contribution is -2.14. The number of H-pyrrole nitrogens is 1. The average molecular weight is 436 g/mol. The molecule has 1 saturated heterocycles. The molecule has 31 heavy (non-hydrogen) atoms. The van der Waals surface area contributed by atoms with Crippen molar-refractivity contribution in [3.05, 3.63) is 48.0 Å². The highest BCUT2D eigenvalue weighted by atomic mass is 32.2. The number of benzene rings is 1. The summed E-state index contributed by atoms with van der Waals surface area (Å²) in [7, 11) is 0. The summed E-state index contributed by atoms with van der Waals surface area (Å²) in [5.41, 5.74) is 3.09. The van der Waals surface area contributed by atoms with Gasteiger partial charge in [0, 0.05) is 30.5 Å². The third kappa shape index (κ3) is 5.16. The van der Waals surface area contributed by atoms with Crippen LogP contribution >= 0.6 is 11.9 Å². The zero-order chi connectivity index (χ0) is 21.6. The van der Waals surface area contributed by atoms with Crippen molar-refractivity contribution in [3.8, 4) is 6.07 Å². The molecule has 0 radical (unpaired) electrons. The Hall–Kier alpha value is -3.09. The van der Waals surface area contributed by atoms with E-state index in [0.29, 0.717) is 18.2 Å². The molecule has 9 heteroatoms. The van der Waals surface area contributed by atoms with Gasteiger partial charge in [0.25, 0.3) is 0 Å². The molecule has 4 heterocycles. The van der Waals surface area contributed by atoms with E-state index in [0.717, 1.165) is 40.2 Å². The van der Waals surface area contributed by atoms with Crippen LogP contribution in [-0.2, 0) is 11.3 Å². The third-order valence-electron chi connectivity index (χ3n) is 5.06. The number of anilines is 1. The van der Waals surface area contributed by atoms with Gasteiger partial charge in [-0.15, -0.1) is 0 Å². The van der Waals surface area contributed by atoms with E-state index >= 15 is 0 Å². The zero-order valence-corrected chi connectivity index (χ0v) is 18.4. The van der Waals surface area contributed by atoms with E-state index in [9.17, 15) is 0 Å². The van der Waals surface area contributed by atoms with Crippen molar-refractivity contribution in [1.82, 2.24) is 24.7 Å². The number of aromatic amines is 1. The Kier molecular flexibility index (Phi) is 6.70. The summed E-state index contributed by atoms with van der Waals surface area (Å²) in [6, 6.07) is 9.50. The largest absolute Gasteiger partial charge is 0.379 e. The molecule has 5 rings (SSSR count). The van der Waals surface area contributed by atoms with E-state index < -0.39 is 0 Å². The van der Waals surface area contributed by atoms with Crippen LogP contribution in [0.15, 0.2) is 36.7 Å². The molecular weight excluding hydrogens is 410 g/mol. The number of rotatable bonds is 4. The van der Waals surface area contributed by atoms with Crippen LogP contribution in [0.4, 0.5) is 5.82 Å². The monoisotopic (exact) mass is 435 g/mol. The first kappa shape index (κ1) is 21.2. The molecule has 0 aliphatic carbocycles. The van der Waals surface area contributed by atoms with E-state index in [-0.39, 0.29) is 0 Å². The smallest absolute Gasteiger partial charge is 0.157 e. The topological polar surface area (TPSA) is 104 Å². The number of nitrogens with one attached hydrogen (secondary N) is 2. The fourth-order valence-corrected chi connectivity index (χ4v) is 3.84. The number of ether oxygens (including phenoxy) is 1. The highest BCUT2D eigenvalue weighted by molar-refractivity contribution is 7.99. The molecule has 0 saturated carbocycles. The number of fused-ring (bicyclic) bond motifs is 3. The van der Waals surface area contributed by atoms with Crippen LogP contribution < -0.4 is 4.72 Å². The highest BCUT2D eigenvalue weighted by Crippen LogP contribution is 2.23. The molecule has 1 aliphatic rings. The molecule has 0 spiro atoms. The molecule has 160 valence electrons. The molecule has 0 bridgehead atoms. The van der Waals surface area contributed by atoms with Crippen LogP contribution in [0.2, 0.25) is 0 Å². The predicted molar refractivity (Wildman–Crippen MR) is 124 cm³/mol. The van der Waals surface area contributed by atoms with Gasteiger partial charge in [-0.25, -0.2) is 4.98 Å². The number of hydrogen-bond acceptors (Lipinski definition) is 7. The van der Waals surface area contributed by atoms with Gasteiger partial charge < -0.3 is 14.4 Å². The Balaban J connectivity index is 0.000000282. The lowest BCUT2D eigenvalue weighted by molar-refractivity contribution is 0.0285. The summed E-state index contributed by atoms with van der Waals surface area (Å²) in [5, 5.41) is 14.4. The molecular formula is C22H25N7OS. The van der Waals surface area contributed by atoms with E-state index in [2.05, 4.69) is 37.8 Å². The van der Waals surface area contributed by atoms with Gasteiger partial charge in [-0.3, -0.25) is 9.67 Å². The summed E-state index contributed by atoms with van der Waals surface area (Å²) in [6.07, 6.45) is 10.0. The quantitative estimate of drug-likeness (QED) is 0.455. The second-order valence-corrected chi connectivity index (χ2v) is 8.04. The van der Waals surface area contributed by atoms with Crippen molar-refractivity contribution in [2.24, 2.45) is 0 Å². The van der Waals surface area contributed by atoms with Crippen LogP contribution in [-0.4, -0.2) is 43.7 Å².